The summed E-state index contributed by atoms with van der Waals surface area (Å²) in [5.74, 6) is 1.26. The molecule has 2 fully saturated rings. The number of fused-ring (bicyclic) bond motifs is 1. The van der Waals surface area contributed by atoms with Gasteiger partial charge in [-0.05, 0) is 61.5 Å². The van der Waals surface area contributed by atoms with Crippen molar-refractivity contribution >= 4 is 23.8 Å². The predicted molar refractivity (Wildman–Crippen MR) is 125 cm³/mol. The quantitative estimate of drug-likeness (QED) is 0.631. The molecule has 4 nitrogen and oxygen atoms in total. The molecular weight excluding hydrogens is 404 g/mol. The van der Waals surface area contributed by atoms with E-state index in [2.05, 4.69) is 63.4 Å². The average Bonchev–Trinajstić information content (AvgIpc) is 3.27. The molecule has 1 aliphatic heterocycles. The molecule has 2 aliphatic carbocycles. The Kier molecular flexibility index (Phi) is 4.73. The number of halogens is 1. The molecule has 1 saturated carbocycles. The lowest BCUT2D eigenvalue weighted by atomic mass is 9.57. The summed E-state index contributed by atoms with van der Waals surface area (Å²) in [5, 5.41) is 2.02. The number of aromatic nitrogens is 3. The number of nitrogens with zero attached hydrogens (tertiary/aromatic N) is 3. The fraction of sp³-hybridized carbons (Fsp3) is 0.385. The van der Waals surface area contributed by atoms with Crippen LogP contribution < -0.4 is 10.6 Å². The van der Waals surface area contributed by atoms with Crippen molar-refractivity contribution in [2.24, 2.45) is 11.8 Å². The third kappa shape index (κ3) is 3.24. The number of imidazole rings is 1. The number of hydrogen-bond acceptors (Lipinski definition) is 3. The lowest BCUT2D eigenvalue weighted by molar-refractivity contribution is 0.0635. The molecule has 1 aromatic carbocycles. The molecule has 158 valence electrons. The van der Waals surface area contributed by atoms with E-state index in [1.54, 1.807) is 6.33 Å². The second-order valence-electron chi connectivity index (χ2n) is 9.34. The van der Waals surface area contributed by atoms with Gasteiger partial charge in [-0.3, -0.25) is 0 Å². The maximum Gasteiger partial charge on any atom is 0.0922 e. The van der Waals surface area contributed by atoms with Crippen LogP contribution in [0.2, 0.25) is 0 Å². The maximum absolute atomic E-state index is 7.14. The lowest BCUT2D eigenvalue weighted by Gasteiger charge is -2.51. The molecule has 3 heterocycles. The van der Waals surface area contributed by atoms with Crippen molar-refractivity contribution in [1.82, 2.24) is 19.9 Å². The van der Waals surface area contributed by atoms with Crippen molar-refractivity contribution in [2.45, 2.75) is 30.1 Å². The zero-order chi connectivity index (χ0) is 20.8. The van der Waals surface area contributed by atoms with Crippen LogP contribution in [0.4, 0.5) is 0 Å². The molecule has 2 aromatic heterocycles. The Labute approximate surface area is 187 Å². The first-order chi connectivity index (χ1) is 15.2. The molecular formula is C26H27ClN4. The van der Waals surface area contributed by atoms with Gasteiger partial charge < -0.3 is 9.88 Å². The second-order valence-corrected chi connectivity index (χ2v) is 9.81. The summed E-state index contributed by atoms with van der Waals surface area (Å²) in [6.45, 7) is 3.77. The SMILES string of the molecule is ClC1C=c2ccc(-c3ccccc3)nc2=CC1(c1cnc[nH]1)C1CC(CN2CCC2)C1. The van der Waals surface area contributed by atoms with E-state index in [4.69, 9.17) is 16.6 Å². The number of aromatic amines is 1. The van der Waals surface area contributed by atoms with Gasteiger partial charge in [-0.25, -0.2) is 9.97 Å². The van der Waals surface area contributed by atoms with Gasteiger partial charge in [-0.2, -0.15) is 0 Å². The van der Waals surface area contributed by atoms with Crippen LogP contribution >= 0.6 is 11.6 Å². The summed E-state index contributed by atoms with van der Waals surface area (Å²) in [6.07, 6.45) is 12.0. The minimum Gasteiger partial charge on any atom is -0.348 e. The van der Waals surface area contributed by atoms with E-state index in [0.717, 1.165) is 33.4 Å². The topological polar surface area (TPSA) is 44.8 Å². The van der Waals surface area contributed by atoms with Gasteiger partial charge in [0.15, 0.2) is 0 Å². The molecule has 0 amide bonds. The molecule has 2 atom stereocenters. The Hall–Kier alpha value is -2.43. The van der Waals surface area contributed by atoms with Crippen LogP contribution in [0, 0.1) is 11.8 Å². The molecule has 0 radical (unpaired) electrons. The maximum atomic E-state index is 7.14. The zero-order valence-corrected chi connectivity index (χ0v) is 18.3. The van der Waals surface area contributed by atoms with Gasteiger partial charge in [0.05, 0.1) is 28.2 Å². The zero-order valence-electron chi connectivity index (χ0n) is 17.5. The van der Waals surface area contributed by atoms with E-state index in [1.807, 2.05) is 12.3 Å². The highest BCUT2D eigenvalue weighted by atomic mass is 35.5. The van der Waals surface area contributed by atoms with Crippen LogP contribution in [0.5, 0.6) is 0 Å². The number of rotatable bonds is 5. The molecule has 3 aromatic rings. The predicted octanol–water partition coefficient (Wildman–Crippen LogP) is 3.32. The Morgan fingerprint density at radius 3 is 2.65 bits per heavy atom. The van der Waals surface area contributed by atoms with E-state index in [1.165, 1.54) is 38.9 Å². The first-order valence-corrected chi connectivity index (χ1v) is 11.8. The Balaban J connectivity index is 1.40. The van der Waals surface area contributed by atoms with Gasteiger partial charge in [-0.15, -0.1) is 11.6 Å². The number of pyridine rings is 1. The molecule has 0 spiro atoms. The third-order valence-electron chi connectivity index (χ3n) is 7.53. The molecule has 0 bridgehead atoms. The number of likely N-dealkylation sites (tertiary alicyclic amines) is 1. The number of hydrogen-bond donors (Lipinski definition) is 1. The van der Waals surface area contributed by atoms with Crippen molar-refractivity contribution in [3.8, 4) is 11.3 Å². The minimum atomic E-state index is -0.293. The number of H-pyrrole nitrogens is 1. The molecule has 2 unspecified atom stereocenters. The number of benzene rings is 1. The van der Waals surface area contributed by atoms with Crippen LogP contribution in [0.3, 0.4) is 0 Å². The van der Waals surface area contributed by atoms with Crippen LogP contribution in [-0.2, 0) is 5.41 Å². The fourth-order valence-corrected chi connectivity index (χ4v) is 6.09. The van der Waals surface area contributed by atoms with Gasteiger partial charge in [-0.1, -0.05) is 42.5 Å². The van der Waals surface area contributed by atoms with Gasteiger partial charge in [0.25, 0.3) is 0 Å². The van der Waals surface area contributed by atoms with Crippen LogP contribution in [0.25, 0.3) is 23.4 Å². The standard InChI is InChI=1S/C26H27ClN4/c27-24-13-20-7-8-22(19-5-2-1-3-6-19)30-23(20)14-26(24,25-15-28-17-29-25)21-11-18(12-21)16-31-9-4-10-31/h1-3,5-8,13-15,17-18,21,24H,4,9-12,16H2,(H,28,29). The van der Waals surface area contributed by atoms with Crippen molar-refractivity contribution in [3.05, 3.63) is 71.3 Å². The Morgan fingerprint density at radius 2 is 1.94 bits per heavy atom. The van der Waals surface area contributed by atoms with Crippen LogP contribution in [0.1, 0.15) is 25.0 Å². The van der Waals surface area contributed by atoms with Crippen LogP contribution in [0.15, 0.2) is 55.0 Å². The highest BCUT2D eigenvalue weighted by molar-refractivity contribution is 6.25. The monoisotopic (exact) mass is 430 g/mol. The molecule has 1 N–H and O–H groups in total. The highest BCUT2D eigenvalue weighted by Gasteiger charge is 2.51. The van der Waals surface area contributed by atoms with Gasteiger partial charge in [0.2, 0.25) is 0 Å². The van der Waals surface area contributed by atoms with Crippen molar-refractivity contribution in [1.29, 1.82) is 0 Å². The van der Waals surface area contributed by atoms with E-state index < -0.39 is 0 Å². The summed E-state index contributed by atoms with van der Waals surface area (Å²) >= 11 is 7.14. The molecule has 1 saturated heterocycles. The van der Waals surface area contributed by atoms with E-state index in [0.29, 0.717) is 5.92 Å². The van der Waals surface area contributed by atoms with E-state index in [9.17, 15) is 0 Å². The molecule has 31 heavy (non-hydrogen) atoms. The summed E-state index contributed by atoms with van der Waals surface area (Å²) in [7, 11) is 0. The van der Waals surface area contributed by atoms with Gasteiger partial charge in [0.1, 0.15) is 0 Å². The second kappa shape index (κ2) is 7.61. The number of alkyl halides is 1. The normalized spacial score (nSPS) is 29.8. The summed E-state index contributed by atoms with van der Waals surface area (Å²) in [6, 6.07) is 14.6. The smallest absolute Gasteiger partial charge is 0.0922 e. The minimum absolute atomic E-state index is 0.125. The summed E-state index contributed by atoms with van der Waals surface area (Å²) in [5.41, 5.74) is 2.95. The van der Waals surface area contributed by atoms with Gasteiger partial charge in [0, 0.05) is 24.0 Å². The summed E-state index contributed by atoms with van der Waals surface area (Å²) < 4.78 is 0. The van der Waals surface area contributed by atoms with E-state index >= 15 is 0 Å². The van der Waals surface area contributed by atoms with Crippen molar-refractivity contribution in [3.63, 3.8) is 0 Å². The van der Waals surface area contributed by atoms with Crippen molar-refractivity contribution in [2.75, 3.05) is 19.6 Å². The van der Waals surface area contributed by atoms with Crippen LogP contribution in [-0.4, -0.2) is 44.9 Å². The lowest BCUT2D eigenvalue weighted by Crippen LogP contribution is -2.54. The molecule has 5 heteroatoms. The average molecular weight is 431 g/mol. The Bertz CT molecular complexity index is 1180. The Morgan fingerprint density at radius 1 is 1.10 bits per heavy atom. The summed E-state index contributed by atoms with van der Waals surface area (Å²) in [4.78, 5) is 15.4. The van der Waals surface area contributed by atoms with Gasteiger partial charge >= 0.3 is 0 Å². The highest BCUT2D eigenvalue weighted by Crippen LogP contribution is 2.52. The largest absolute Gasteiger partial charge is 0.348 e. The van der Waals surface area contributed by atoms with Crippen molar-refractivity contribution < 1.29 is 0 Å². The number of nitrogens with one attached hydrogen (secondary N) is 1. The first-order valence-electron chi connectivity index (χ1n) is 11.3. The molecule has 3 aliphatic rings. The third-order valence-corrected chi connectivity index (χ3v) is 8.01. The molecule has 6 rings (SSSR count). The first kappa shape index (κ1) is 19.3. The fourth-order valence-electron chi connectivity index (χ4n) is 5.60. The van der Waals surface area contributed by atoms with E-state index in [-0.39, 0.29) is 10.8 Å².